The van der Waals surface area contributed by atoms with Crippen molar-refractivity contribution in [1.82, 2.24) is 0 Å². The maximum Gasteiger partial charge on any atom is 0.393 e. The van der Waals surface area contributed by atoms with Crippen LogP contribution in [0.4, 0.5) is 13.2 Å². The van der Waals surface area contributed by atoms with Crippen LogP contribution in [0.1, 0.15) is 36.3 Å². The predicted octanol–water partition coefficient (Wildman–Crippen LogP) is 8.11. The van der Waals surface area contributed by atoms with Crippen LogP contribution >= 0.6 is 11.3 Å². The van der Waals surface area contributed by atoms with Crippen molar-refractivity contribution in [1.29, 1.82) is 0 Å². The highest BCUT2D eigenvalue weighted by Gasteiger charge is 2.27. The molecule has 27 heavy (non-hydrogen) atoms. The fourth-order valence-electron chi connectivity index (χ4n) is 2.23. The van der Waals surface area contributed by atoms with E-state index in [2.05, 4.69) is 13.2 Å². The molecule has 0 aliphatic heterocycles. The van der Waals surface area contributed by atoms with Crippen molar-refractivity contribution in [2.45, 2.75) is 32.9 Å². The molecule has 2 aromatic rings. The minimum absolute atomic E-state index is 0.249. The zero-order valence-electron chi connectivity index (χ0n) is 15.7. The summed E-state index contributed by atoms with van der Waals surface area (Å²) in [5.41, 5.74) is 2.60. The monoisotopic (exact) mass is 390 g/mol. The van der Waals surface area contributed by atoms with Crippen molar-refractivity contribution >= 4 is 23.0 Å². The smallest absolute Gasteiger partial charge is 0.171 e. The molecule has 0 fully saturated rings. The molecule has 0 bridgehead atoms. The SMILES string of the molecule is C=C(/C=C\CC(=C)c1cccc(CC(F)(F)F)c1)/C=C/c1cccs1.CC. The molecule has 0 saturated heterocycles. The highest BCUT2D eigenvalue weighted by atomic mass is 32.1. The Kier molecular flexibility index (Phi) is 9.59. The lowest BCUT2D eigenvalue weighted by atomic mass is 10.0. The summed E-state index contributed by atoms with van der Waals surface area (Å²) in [5.74, 6) is 0. The number of hydrogen-bond acceptors (Lipinski definition) is 1. The normalized spacial score (nSPS) is 11.4. The average molecular weight is 391 g/mol. The topological polar surface area (TPSA) is 0 Å². The van der Waals surface area contributed by atoms with Gasteiger partial charge in [0.1, 0.15) is 0 Å². The van der Waals surface area contributed by atoms with E-state index >= 15 is 0 Å². The number of thiophene rings is 1. The number of rotatable bonds is 7. The van der Waals surface area contributed by atoms with Crippen LogP contribution in [0.3, 0.4) is 0 Å². The Morgan fingerprint density at radius 3 is 2.44 bits per heavy atom. The maximum atomic E-state index is 12.5. The summed E-state index contributed by atoms with van der Waals surface area (Å²) in [6, 6.07) is 10.5. The van der Waals surface area contributed by atoms with E-state index in [0.29, 0.717) is 6.42 Å². The van der Waals surface area contributed by atoms with Crippen LogP contribution < -0.4 is 0 Å². The second-order valence-corrected chi connectivity index (χ2v) is 6.61. The van der Waals surface area contributed by atoms with Crippen molar-refractivity contribution in [3.63, 3.8) is 0 Å². The van der Waals surface area contributed by atoms with E-state index in [1.807, 2.05) is 55.7 Å². The van der Waals surface area contributed by atoms with Crippen LogP contribution in [-0.2, 0) is 6.42 Å². The van der Waals surface area contributed by atoms with Gasteiger partial charge in [0.15, 0.2) is 0 Å². The van der Waals surface area contributed by atoms with Gasteiger partial charge in [-0.1, -0.05) is 75.6 Å². The van der Waals surface area contributed by atoms with Crippen LogP contribution in [-0.4, -0.2) is 6.18 Å². The van der Waals surface area contributed by atoms with E-state index in [9.17, 15) is 13.2 Å². The van der Waals surface area contributed by atoms with Gasteiger partial charge in [-0.25, -0.2) is 0 Å². The molecule has 0 saturated carbocycles. The van der Waals surface area contributed by atoms with Gasteiger partial charge in [-0.05, 0) is 46.2 Å². The number of halogens is 3. The minimum Gasteiger partial charge on any atom is -0.171 e. The van der Waals surface area contributed by atoms with Crippen molar-refractivity contribution in [3.05, 3.63) is 94.7 Å². The first-order valence-electron chi connectivity index (χ1n) is 8.74. The third kappa shape index (κ3) is 9.25. The third-order valence-electron chi connectivity index (χ3n) is 3.44. The second-order valence-electron chi connectivity index (χ2n) is 5.63. The Labute approximate surface area is 164 Å². The van der Waals surface area contributed by atoms with Crippen molar-refractivity contribution in [2.75, 3.05) is 0 Å². The minimum atomic E-state index is -4.20. The van der Waals surface area contributed by atoms with Gasteiger partial charge in [-0.3, -0.25) is 0 Å². The van der Waals surface area contributed by atoms with Crippen LogP contribution in [0.2, 0.25) is 0 Å². The summed E-state index contributed by atoms with van der Waals surface area (Å²) >= 11 is 1.65. The number of benzene rings is 1. The maximum absolute atomic E-state index is 12.5. The Morgan fingerprint density at radius 1 is 1.07 bits per heavy atom. The van der Waals surface area contributed by atoms with Crippen molar-refractivity contribution in [2.24, 2.45) is 0 Å². The Balaban J connectivity index is 0.00000176. The lowest BCUT2D eigenvalue weighted by Crippen LogP contribution is -2.11. The fourth-order valence-corrected chi connectivity index (χ4v) is 2.85. The van der Waals surface area contributed by atoms with Gasteiger partial charge in [0, 0.05) is 4.88 Å². The van der Waals surface area contributed by atoms with Crippen LogP contribution in [0.25, 0.3) is 11.6 Å². The zero-order valence-corrected chi connectivity index (χ0v) is 16.5. The highest BCUT2D eigenvalue weighted by Crippen LogP contribution is 2.24. The van der Waals surface area contributed by atoms with Gasteiger partial charge < -0.3 is 0 Å². The molecular weight excluding hydrogens is 365 g/mol. The van der Waals surface area contributed by atoms with E-state index in [0.717, 1.165) is 21.6 Å². The molecule has 144 valence electrons. The first kappa shape index (κ1) is 22.7. The largest absolute Gasteiger partial charge is 0.393 e. The zero-order chi connectivity index (χ0) is 20.3. The van der Waals surface area contributed by atoms with Gasteiger partial charge >= 0.3 is 6.18 Å². The summed E-state index contributed by atoms with van der Waals surface area (Å²) in [6.07, 6.45) is 3.15. The quantitative estimate of drug-likeness (QED) is 0.419. The Hall–Kier alpha value is -2.33. The molecule has 0 radical (unpaired) electrons. The molecule has 0 aliphatic carbocycles. The van der Waals surface area contributed by atoms with Gasteiger partial charge in [0.25, 0.3) is 0 Å². The summed E-state index contributed by atoms with van der Waals surface area (Å²) in [6.45, 7) is 11.9. The number of hydrogen-bond donors (Lipinski definition) is 0. The number of allylic oxidation sites excluding steroid dienone is 5. The molecule has 1 heterocycles. The van der Waals surface area contributed by atoms with E-state index in [1.54, 1.807) is 29.5 Å². The molecule has 0 nitrogen and oxygen atoms in total. The predicted molar refractivity (Wildman–Crippen MR) is 113 cm³/mol. The highest BCUT2D eigenvalue weighted by molar-refractivity contribution is 7.10. The summed E-state index contributed by atoms with van der Waals surface area (Å²) in [4.78, 5) is 1.15. The summed E-state index contributed by atoms with van der Waals surface area (Å²) in [7, 11) is 0. The average Bonchev–Trinajstić information content (AvgIpc) is 3.14. The molecule has 0 amide bonds. The molecule has 4 heteroatoms. The summed E-state index contributed by atoms with van der Waals surface area (Å²) in [5, 5.41) is 2.01. The van der Waals surface area contributed by atoms with Gasteiger partial charge in [0.05, 0.1) is 6.42 Å². The second kappa shape index (κ2) is 11.4. The lowest BCUT2D eigenvalue weighted by molar-refractivity contribution is -0.127. The van der Waals surface area contributed by atoms with E-state index in [4.69, 9.17) is 0 Å². The van der Waals surface area contributed by atoms with E-state index < -0.39 is 12.6 Å². The van der Waals surface area contributed by atoms with E-state index in [1.165, 1.54) is 6.07 Å². The molecule has 0 spiro atoms. The fraction of sp³-hybridized carbons (Fsp3) is 0.217. The van der Waals surface area contributed by atoms with Gasteiger partial charge in [-0.2, -0.15) is 13.2 Å². The van der Waals surface area contributed by atoms with Gasteiger partial charge in [-0.15, -0.1) is 11.3 Å². The van der Waals surface area contributed by atoms with E-state index in [-0.39, 0.29) is 5.56 Å². The van der Waals surface area contributed by atoms with Gasteiger partial charge in [0.2, 0.25) is 0 Å². The lowest BCUT2D eigenvalue weighted by Gasteiger charge is -2.09. The molecule has 0 unspecified atom stereocenters. The Bertz CT molecular complexity index is 778. The molecule has 1 aromatic heterocycles. The first-order valence-corrected chi connectivity index (χ1v) is 9.62. The molecule has 0 atom stereocenters. The number of alkyl halides is 3. The van der Waals surface area contributed by atoms with Crippen LogP contribution in [0, 0.1) is 0 Å². The van der Waals surface area contributed by atoms with Crippen molar-refractivity contribution in [3.8, 4) is 0 Å². The molecular formula is C23H25F3S. The van der Waals surface area contributed by atoms with Crippen LogP contribution in [0.15, 0.2) is 78.7 Å². The molecule has 0 N–H and O–H groups in total. The van der Waals surface area contributed by atoms with Crippen LogP contribution in [0.5, 0.6) is 0 Å². The third-order valence-corrected chi connectivity index (χ3v) is 4.28. The van der Waals surface area contributed by atoms with Crippen molar-refractivity contribution < 1.29 is 13.2 Å². The Morgan fingerprint density at radius 2 is 1.81 bits per heavy atom. The summed E-state index contributed by atoms with van der Waals surface area (Å²) < 4.78 is 37.5. The first-order chi connectivity index (χ1) is 12.8. The molecule has 2 rings (SSSR count). The standard InChI is InChI=1S/C21H19F3S.C2H6/c1-16(11-12-20-10-5-13-25-20)6-3-7-17(2)19-9-4-8-18(14-19)15-21(22,23)24;1-2/h3-6,8-14H,1-2,7,15H2;1-2H3/b6-3-,12-11+;. The molecule has 1 aromatic carbocycles. The molecule has 0 aliphatic rings.